The fraction of sp³-hybridized carbons (Fsp3) is 0.500. The van der Waals surface area contributed by atoms with Crippen LogP contribution in [-0.2, 0) is 13.0 Å². The lowest BCUT2D eigenvalue weighted by atomic mass is 10.0. The molecule has 5 nitrogen and oxygen atoms in total. The fourth-order valence-corrected chi connectivity index (χ4v) is 2.92. The largest absolute Gasteiger partial charge is 0.271 e. The summed E-state index contributed by atoms with van der Waals surface area (Å²) in [5.74, 6) is 6.65. The highest BCUT2D eigenvalue weighted by Crippen LogP contribution is 2.23. The summed E-state index contributed by atoms with van der Waals surface area (Å²) in [4.78, 5) is 4.32. The number of hydrazine groups is 1. The van der Waals surface area contributed by atoms with Crippen LogP contribution >= 0.6 is 11.3 Å². The van der Waals surface area contributed by atoms with Crippen molar-refractivity contribution >= 4 is 11.3 Å². The van der Waals surface area contributed by atoms with E-state index < -0.39 is 0 Å². The molecule has 2 rings (SSSR count). The van der Waals surface area contributed by atoms with E-state index in [2.05, 4.69) is 40.1 Å². The molecule has 3 N–H and O–H groups in total. The fourth-order valence-electron chi connectivity index (χ4n) is 2.01. The highest BCUT2D eigenvalue weighted by molar-refractivity contribution is 7.08. The van der Waals surface area contributed by atoms with E-state index in [0.29, 0.717) is 0 Å². The van der Waals surface area contributed by atoms with Gasteiger partial charge < -0.3 is 0 Å². The lowest BCUT2D eigenvalue weighted by Gasteiger charge is -2.16. The number of rotatable bonds is 6. The van der Waals surface area contributed by atoms with Crippen molar-refractivity contribution < 1.29 is 0 Å². The Labute approximate surface area is 111 Å². The summed E-state index contributed by atoms with van der Waals surface area (Å²) in [6.07, 6.45) is 3.42. The summed E-state index contributed by atoms with van der Waals surface area (Å²) < 4.78 is 1.95. The number of nitrogens with two attached hydrogens (primary N) is 1. The molecule has 0 amide bonds. The maximum absolute atomic E-state index is 5.67. The van der Waals surface area contributed by atoms with E-state index in [4.69, 9.17) is 5.84 Å². The van der Waals surface area contributed by atoms with Crippen LogP contribution in [0.15, 0.2) is 17.1 Å². The summed E-state index contributed by atoms with van der Waals surface area (Å²) in [7, 11) is 0. The van der Waals surface area contributed by atoms with E-state index in [1.807, 2.05) is 4.68 Å². The average molecular weight is 265 g/mol. The van der Waals surface area contributed by atoms with Gasteiger partial charge in [-0.3, -0.25) is 16.0 Å². The Bertz CT molecular complexity index is 490. The van der Waals surface area contributed by atoms with Crippen molar-refractivity contribution in [1.29, 1.82) is 0 Å². The monoisotopic (exact) mass is 265 g/mol. The van der Waals surface area contributed by atoms with Gasteiger partial charge in [0.05, 0.1) is 6.04 Å². The maximum Gasteiger partial charge on any atom is 0.138 e. The first-order valence-corrected chi connectivity index (χ1v) is 7.06. The number of thiophene rings is 1. The molecule has 1 atom stereocenters. The SMILES string of the molecule is CCCn1ncnc1CC(NN)c1cscc1C. The molecule has 0 bridgehead atoms. The lowest BCUT2D eigenvalue weighted by Crippen LogP contribution is -2.30. The van der Waals surface area contributed by atoms with E-state index in [-0.39, 0.29) is 6.04 Å². The van der Waals surface area contributed by atoms with Crippen LogP contribution in [0.5, 0.6) is 0 Å². The molecule has 0 spiro atoms. The van der Waals surface area contributed by atoms with Gasteiger partial charge in [-0.15, -0.1) is 0 Å². The topological polar surface area (TPSA) is 68.8 Å². The lowest BCUT2D eigenvalue weighted by molar-refractivity contribution is 0.498. The van der Waals surface area contributed by atoms with Gasteiger partial charge in [0.2, 0.25) is 0 Å². The third kappa shape index (κ3) is 2.77. The third-order valence-corrected chi connectivity index (χ3v) is 3.87. The van der Waals surface area contributed by atoms with Gasteiger partial charge in [0.25, 0.3) is 0 Å². The minimum absolute atomic E-state index is 0.0936. The smallest absolute Gasteiger partial charge is 0.138 e. The Morgan fingerprint density at radius 3 is 2.94 bits per heavy atom. The predicted molar refractivity (Wildman–Crippen MR) is 73.1 cm³/mol. The van der Waals surface area contributed by atoms with Crippen LogP contribution in [-0.4, -0.2) is 14.8 Å². The zero-order chi connectivity index (χ0) is 13.0. The maximum atomic E-state index is 5.67. The Balaban J connectivity index is 2.15. The van der Waals surface area contributed by atoms with Gasteiger partial charge in [0.15, 0.2) is 0 Å². The van der Waals surface area contributed by atoms with Gasteiger partial charge in [0, 0.05) is 13.0 Å². The molecule has 2 heterocycles. The van der Waals surface area contributed by atoms with Crippen molar-refractivity contribution in [2.24, 2.45) is 5.84 Å². The van der Waals surface area contributed by atoms with Crippen LogP contribution in [0, 0.1) is 6.92 Å². The van der Waals surface area contributed by atoms with E-state index in [1.165, 1.54) is 11.1 Å². The molecule has 0 aromatic carbocycles. The normalized spacial score (nSPS) is 12.8. The zero-order valence-electron chi connectivity index (χ0n) is 10.8. The molecule has 0 aliphatic rings. The summed E-state index contributed by atoms with van der Waals surface area (Å²) >= 11 is 1.70. The second-order valence-electron chi connectivity index (χ2n) is 4.33. The standard InChI is InChI=1S/C12H19N5S/c1-3-4-17-12(14-8-15-17)5-11(16-13)10-7-18-6-9(10)2/h6-8,11,16H,3-5,13H2,1-2H3. The molecule has 2 aromatic heterocycles. The average Bonchev–Trinajstić information content (AvgIpc) is 2.96. The number of nitrogens with zero attached hydrogens (tertiary/aromatic N) is 3. The van der Waals surface area contributed by atoms with Crippen molar-refractivity contribution in [2.75, 3.05) is 0 Å². The second kappa shape index (κ2) is 6.08. The van der Waals surface area contributed by atoms with Gasteiger partial charge in [-0.25, -0.2) is 4.98 Å². The summed E-state index contributed by atoms with van der Waals surface area (Å²) in [6, 6.07) is 0.0936. The molecule has 6 heteroatoms. The number of hydrogen-bond donors (Lipinski definition) is 2. The van der Waals surface area contributed by atoms with Gasteiger partial charge in [0.1, 0.15) is 12.2 Å². The van der Waals surface area contributed by atoms with Crippen molar-refractivity contribution in [3.63, 3.8) is 0 Å². The molecular weight excluding hydrogens is 246 g/mol. The van der Waals surface area contributed by atoms with E-state index in [0.717, 1.165) is 25.2 Å². The van der Waals surface area contributed by atoms with Crippen molar-refractivity contribution in [3.05, 3.63) is 34.0 Å². The van der Waals surface area contributed by atoms with Crippen LogP contribution < -0.4 is 11.3 Å². The Morgan fingerprint density at radius 1 is 1.50 bits per heavy atom. The molecule has 0 saturated heterocycles. The number of aromatic nitrogens is 3. The number of hydrogen-bond acceptors (Lipinski definition) is 5. The second-order valence-corrected chi connectivity index (χ2v) is 5.08. The quantitative estimate of drug-likeness (QED) is 0.617. The minimum atomic E-state index is 0.0936. The first-order chi connectivity index (χ1) is 8.76. The molecule has 18 heavy (non-hydrogen) atoms. The van der Waals surface area contributed by atoms with Crippen LogP contribution in [0.2, 0.25) is 0 Å². The molecular formula is C12H19N5S. The van der Waals surface area contributed by atoms with Gasteiger partial charge in [-0.2, -0.15) is 16.4 Å². The van der Waals surface area contributed by atoms with Crippen LogP contribution in [0.4, 0.5) is 0 Å². The number of nitrogens with one attached hydrogen (secondary N) is 1. The molecule has 0 aliphatic heterocycles. The molecule has 2 aromatic rings. The van der Waals surface area contributed by atoms with E-state index in [9.17, 15) is 0 Å². The van der Waals surface area contributed by atoms with Gasteiger partial charge >= 0.3 is 0 Å². The third-order valence-electron chi connectivity index (χ3n) is 2.99. The number of aryl methyl sites for hydroxylation is 2. The zero-order valence-corrected chi connectivity index (χ0v) is 11.6. The highest BCUT2D eigenvalue weighted by atomic mass is 32.1. The highest BCUT2D eigenvalue weighted by Gasteiger charge is 2.16. The van der Waals surface area contributed by atoms with Gasteiger partial charge in [-0.1, -0.05) is 6.92 Å². The molecule has 0 fully saturated rings. The van der Waals surface area contributed by atoms with Crippen molar-refractivity contribution in [1.82, 2.24) is 20.2 Å². The summed E-state index contributed by atoms with van der Waals surface area (Å²) in [5.41, 5.74) is 5.39. The molecule has 0 saturated carbocycles. The molecule has 0 radical (unpaired) electrons. The van der Waals surface area contributed by atoms with E-state index in [1.54, 1.807) is 17.7 Å². The molecule has 1 unspecified atom stereocenters. The Hall–Kier alpha value is -1.24. The first-order valence-electron chi connectivity index (χ1n) is 6.11. The minimum Gasteiger partial charge on any atom is -0.271 e. The van der Waals surface area contributed by atoms with Crippen LogP contribution in [0.3, 0.4) is 0 Å². The predicted octanol–water partition coefficient (Wildman–Crippen LogP) is 1.81. The Morgan fingerprint density at radius 2 is 2.33 bits per heavy atom. The van der Waals surface area contributed by atoms with E-state index >= 15 is 0 Å². The van der Waals surface area contributed by atoms with Crippen LogP contribution in [0.25, 0.3) is 0 Å². The van der Waals surface area contributed by atoms with Crippen molar-refractivity contribution in [3.8, 4) is 0 Å². The first kappa shape index (κ1) is 13.2. The molecule has 0 aliphatic carbocycles. The van der Waals surface area contributed by atoms with Crippen LogP contribution in [0.1, 0.15) is 36.3 Å². The summed E-state index contributed by atoms with van der Waals surface area (Å²) in [5, 5.41) is 8.51. The van der Waals surface area contributed by atoms with Gasteiger partial charge in [-0.05, 0) is 35.2 Å². The summed E-state index contributed by atoms with van der Waals surface area (Å²) in [6.45, 7) is 5.13. The Kier molecular flexibility index (Phi) is 4.46. The van der Waals surface area contributed by atoms with Crippen molar-refractivity contribution in [2.45, 2.75) is 39.3 Å². The molecule has 98 valence electrons.